The molecule has 0 unspecified atom stereocenters. The van der Waals surface area contributed by atoms with Gasteiger partial charge in [0, 0.05) is 4.47 Å². The van der Waals surface area contributed by atoms with E-state index in [-0.39, 0.29) is 18.1 Å². The number of hydrogen-bond donors (Lipinski definition) is 1. The Kier molecular flexibility index (Phi) is 7.33. The summed E-state index contributed by atoms with van der Waals surface area (Å²) in [6, 6.07) is 10.6. The van der Waals surface area contributed by atoms with Crippen LogP contribution in [0.4, 0.5) is 4.79 Å². The van der Waals surface area contributed by atoms with Crippen molar-refractivity contribution in [3.63, 3.8) is 0 Å². The van der Waals surface area contributed by atoms with Crippen LogP contribution >= 0.6 is 31.9 Å². The van der Waals surface area contributed by atoms with Gasteiger partial charge < -0.3 is 14.8 Å². The number of rotatable bonds is 8. The minimum atomic E-state index is -0.454. The van der Waals surface area contributed by atoms with E-state index in [1.165, 1.54) is 4.90 Å². The molecule has 2 aromatic rings. The van der Waals surface area contributed by atoms with Gasteiger partial charge in [0.05, 0.1) is 17.6 Å². The number of carbonyl (C=O) groups excluding carboxylic acids is 2. The van der Waals surface area contributed by atoms with E-state index in [1.807, 2.05) is 31.2 Å². The first-order chi connectivity index (χ1) is 14.4. The summed E-state index contributed by atoms with van der Waals surface area (Å²) >= 11 is 6.85. The second-order valence-corrected chi connectivity index (χ2v) is 8.14. The van der Waals surface area contributed by atoms with Crippen molar-refractivity contribution < 1.29 is 19.1 Å². The van der Waals surface area contributed by atoms with Crippen molar-refractivity contribution in [1.82, 2.24) is 10.2 Å². The third-order valence-electron chi connectivity index (χ3n) is 4.20. The minimum absolute atomic E-state index is 0.192. The van der Waals surface area contributed by atoms with Gasteiger partial charge >= 0.3 is 6.03 Å². The number of hydrogen-bond acceptors (Lipinski definition) is 4. The number of carbonyl (C=O) groups is 2. The highest BCUT2D eigenvalue weighted by Gasteiger charge is 2.33. The molecule has 0 bridgehead atoms. The summed E-state index contributed by atoms with van der Waals surface area (Å²) in [7, 11) is 0. The summed E-state index contributed by atoms with van der Waals surface area (Å²) < 4.78 is 12.9. The van der Waals surface area contributed by atoms with Crippen molar-refractivity contribution in [3.05, 3.63) is 74.8 Å². The molecule has 0 radical (unpaired) electrons. The highest BCUT2D eigenvalue weighted by molar-refractivity contribution is 9.10. The molecule has 30 heavy (non-hydrogen) atoms. The summed E-state index contributed by atoms with van der Waals surface area (Å²) in [6.07, 6.45) is 3.26. The van der Waals surface area contributed by atoms with Gasteiger partial charge in [-0.2, -0.15) is 0 Å². The Morgan fingerprint density at radius 2 is 1.87 bits per heavy atom. The van der Waals surface area contributed by atoms with Gasteiger partial charge in [-0.25, -0.2) is 4.79 Å². The van der Waals surface area contributed by atoms with Crippen LogP contribution in [0.25, 0.3) is 6.08 Å². The molecule has 0 atom stereocenters. The van der Waals surface area contributed by atoms with Crippen LogP contribution in [-0.4, -0.2) is 30.1 Å². The number of imide groups is 1. The zero-order chi connectivity index (χ0) is 21.7. The fraction of sp³-hybridized carbons (Fsp3) is 0.182. The molecule has 1 aliphatic heterocycles. The van der Waals surface area contributed by atoms with Crippen molar-refractivity contribution >= 4 is 49.9 Å². The topological polar surface area (TPSA) is 67.9 Å². The minimum Gasteiger partial charge on any atom is -0.490 e. The Hall–Kier alpha value is -2.58. The van der Waals surface area contributed by atoms with Gasteiger partial charge in [-0.3, -0.25) is 9.69 Å². The molecule has 1 N–H and O–H groups in total. The van der Waals surface area contributed by atoms with Crippen molar-refractivity contribution in [2.24, 2.45) is 0 Å². The fourth-order valence-electron chi connectivity index (χ4n) is 2.87. The number of nitrogens with one attached hydrogen (secondary N) is 1. The van der Waals surface area contributed by atoms with Crippen LogP contribution in [0.3, 0.4) is 0 Å². The van der Waals surface area contributed by atoms with Crippen LogP contribution in [0.15, 0.2) is 63.7 Å². The molecule has 8 heteroatoms. The molecule has 0 spiro atoms. The summed E-state index contributed by atoms with van der Waals surface area (Å²) in [6.45, 7) is 6.50. The summed E-state index contributed by atoms with van der Waals surface area (Å²) in [5.74, 6) is 0.700. The van der Waals surface area contributed by atoms with Crippen LogP contribution in [0.2, 0.25) is 0 Å². The molecule has 2 aromatic carbocycles. The second-order valence-electron chi connectivity index (χ2n) is 6.37. The number of amides is 3. The average Bonchev–Trinajstić information content (AvgIpc) is 2.96. The Morgan fingerprint density at radius 1 is 1.13 bits per heavy atom. The molecule has 0 aliphatic carbocycles. The molecule has 0 saturated carbocycles. The standard InChI is InChI=1S/C22H20Br2N2O4/c1-3-9-30-20-17(24)10-15(12-19(20)29-4-2)11-18-21(27)26(22(28)25-18)13-14-5-7-16(23)8-6-14/h3,5-8,10-12H,1,4,9,13H2,2H3,(H,25,28)/b18-11+. The van der Waals surface area contributed by atoms with Gasteiger partial charge in [-0.1, -0.05) is 40.7 Å². The monoisotopic (exact) mass is 534 g/mol. The summed E-state index contributed by atoms with van der Waals surface area (Å²) in [5.41, 5.74) is 1.74. The van der Waals surface area contributed by atoms with Gasteiger partial charge in [-0.15, -0.1) is 0 Å². The molecule has 3 rings (SSSR count). The third-order valence-corrected chi connectivity index (χ3v) is 5.32. The number of benzene rings is 2. The first kappa shape index (κ1) is 22.1. The predicted octanol–water partition coefficient (Wildman–Crippen LogP) is 5.27. The van der Waals surface area contributed by atoms with Crippen molar-refractivity contribution in [3.8, 4) is 11.5 Å². The Balaban J connectivity index is 1.85. The van der Waals surface area contributed by atoms with E-state index in [0.717, 1.165) is 10.0 Å². The molecule has 1 saturated heterocycles. The van der Waals surface area contributed by atoms with E-state index in [4.69, 9.17) is 9.47 Å². The predicted molar refractivity (Wildman–Crippen MR) is 122 cm³/mol. The van der Waals surface area contributed by atoms with E-state index < -0.39 is 6.03 Å². The van der Waals surface area contributed by atoms with E-state index >= 15 is 0 Å². The van der Waals surface area contributed by atoms with Crippen molar-refractivity contribution in [2.75, 3.05) is 13.2 Å². The normalized spacial score (nSPS) is 14.8. The largest absolute Gasteiger partial charge is 0.490 e. The highest BCUT2D eigenvalue weighted by atomic mass is 79.9. The van der Waals surface area contributed by atoms with E-state index in [0.29, 0.717) is 34.7 Å². The lowest BCUT2D eigenvalue weighted by molar-refractivity contribution is -0.123. The lowest BCUT2D eigenvalue weighted by atomic mass is 10.1. The first-order valence-corrected chi connectivity index (χ1v) is 10.8. The zero-order valence-corrected chi connectivity index (χ0v) is 19.5. The second kappa shape index (κ2) is 9.95. The van der Waals surface area contributed by atoms with Crippen molar-refractivity contribution in [1.29, 1.82) is 0 Å². The van der Waals surface area contributed by atoms with Crippen molar-refractivity contribution in [2.45, 2.75) is 13.5 Å². The number of ether oxygens (including phenoxy) is 2. The van der Waals surface area contributed by atoms with Crippen LogP contribution < -0.4 is 14.8 Å². The van der Waals surface area contributed by atoms with Gasteiger partial charge in [-0.05, 0) is 64.3 Å². The quantitative estimate of drug-likeness (QED) is 0.284. The van der Waals surface area contributed by atoms with Crippen LogP contribution in [0.5, 0.6) is 11.5 Å². The smallest absolute Gasteiger partial charge is 0.329 e. The highest BCUT2D eigenvalue weighted by Crippen LogP contribution is 2.37. The van der Waals surface area contributed by atoms with Gasteiger partial charge in [0.25, 0.3) is 5.91 Å². The first-order valence-electron chi connectivity index (χ1n) is 9.22. The molecule has 1 heterocycles. The molecular weight excluding hydrogens is 516 g/mol. The number of nitrogens with zero attached hydrogens (tertiary/aromatic N) is 1. The van der Waals surface area contributed by atoms with Crippen LogP contribution in [-0.2, 0) is 11.3 Å². The van der Waals surface area contributed by atoms with Crippen LogP contribution in [0, 0.1) is 0 Å². The van der Waals surface area contributed by atoms with Gasteiger partial charge in [0.2, 0.25) is 0 Å². The van der Waals surface area contributed by atoms with Gasteiger partial charge in [0.1, 0.15) is 12.3 Å². The Labute approximate surface area is 191 Å². The maximum Gasteiger partial charge on any atom is 0.329 e. The lowest BCUT2D eigenvalue weighted by Gasteiger charge is -2.14. The average molecular weight is 536 g/mol. The number of urea groups is 1. The maximum atomic E-state index is 12.8. The third kappa shape index (κ3) is 5.12. The molecule has 0 aromatic heterocycles. The Bertz CT molecular complexity index is 1000. The van der Waals surface area contributed by atoms with Gasteiger partial charge in [0.15, 0.2) is 11.5 Å². The molecule has 3 amide bonds. The molecule has 6 nitrogen and oxygen atoms in total. The zero-order valence-electron chi connectivity index (χ0n) is 16.3. The molecule has 1 aliphatic rings. The Morgan fingerprint density at radius 3 is 2.53 bits per heavy atom. The van der Waals surface area contributed by atoms with E-state index in [9.17, 15) is 9.59 Å². The summed E-state index contributed by atoms with van der Waals surface area (Å²) in [5, 5.41) is 2.64. The summed E-state index contributed by atoms with van der Waals surface area (Å²) in [4.78, 5) is 26.3. The lowest BCUT2D eigenvalue weighted by Crippen LogP contribution is -2.30. The molecule has 1 fully saturated rings. The molecule has 156 valence electrons. The fourth-order valence-corrected chi connectivity index (χ4v) is 3.71. The van der Waals surface area contributed by atoms with E-state index in [1.54, 1.807) is 24.3 Å². The van der Waals surface area contributed by atoms with E-state index in [2.05, 4.69) is 43.8 Å². The maximum absolute atomic E-state index is 12.8. The SMILES string of the molecule is C=CCOc1c(Br)cc(/C=C2/NC(=O)N(Cc3ccc(Br)cc3)C2=O)cc1OCC. The number of halogens is 2. The van der Waals surface area contributed by atoms with Crippen LogP contribution in [0.1, 0.15) is 18.1 Å². The molecular formula is C22H20Br2N2O4.